The third-order valence-corrected chi connectivity index (χ3v) is 3.30. The van der Waals surface area contributed by atoms with Crippen molar-refractivity contribution in [2.24, 2.45) is 0 Å². The Morgan fingerprint density at radius 2 is 2.05 bits per heavy atom. The number of benzene rings is 2. The van der Waals surface area contributed by atoms with E-state index in [0.717, 1.165) is 5.56 Å². The van der Waals surface area contributed by atoms with Crippen molar-refractivity contribution in [3.63, 3.8) is 0 Å². The SMILES string of the molecule is Cc1cccc(-n2nnc3c(C(=O)O)cccc32)c1C#N. The molecule has 0 saturated heterocycles. The van der Waals surface area contributed by atoms with Crippen LogP contribution in [0.25, 0.3) is 16.7 Å². The Kier molecular flexibility index (Phi) is 2.88. The van der Waals surface area contributed by atoms with Gasteiger partial charge in [0.05, 0.1) is 22.3 Å². The van der Waals surface area contributed by atoms with Crippen LogP contribution in [0.2, 0.25) is 0 Å². The van der Waals surface area contributed by atoms with Gasteiger partial charge in [0, 0.05) is 0 Å². The van der Waals surface area contributed by atoms with Crippen LogP contribution in [0.5, 0.6) is 0 Å². The fourth-order valence-electron chi connectivity index (χ4n) is 2.27. The smallest absolute Gasteiger partial charge is 0.338 e. The first-order valence-corrected chi connectivity index (χ1v) is 6.21. The summed E-state index contributed by atoms with van der Waals surface area (Å²) in [6.07, 6.45) is 0. The summed E-state index contributed by atoms with van der Waals surface area (Å²) in [7, 11) is 0. The summed E-state index contributed by atoms with van der Waals surface area (Å²) >= 11 is 0. The van der Waals surface area contributed by atoms with E-state index in [0.29, 0.717) is 22.3 Å². The molecule has 0 aliphatic rings. The Hall–Kier alpha value is -3.20. The summed E-state index contributed by atoms with van der Waals surface area (Å²) in [6.45, 7) is 1.84. The Morgan fingerprint density at radius 3 is 2.76 bits per heavy atom. The molecule has 0 spiro atoms. The number of hydrogen-bond acceptors (Lipinski definition) is 4. The Morgan fingerprint density at radius 1 is 1.29 bits per heavy atom. The first-order valence-electron chi connectivity index (χ1n) is 6.21. The van der Waals surface area contributed by atoms with E-state index >= 15 is 0 Å². The summed E-state index contributed by atoms with van der Waals surface area (Å²) in [5, 5.41) is 26.4. The molecule has 1 N–H and O–H groups in total. The molecule has 6 nitrogen and oxygen atoms in total. The number of nitrogens with zero attached hydrogens (tertiary/aromatic N) is 4. The number of fused-ring (bicyclic) bond motifs is 1. The number of carboxylic acid groups (broad SMARTS) is 1. The number of hydrogen-bond donors (Lipinski definition) is 1. The summed E-state index contributed by atoms with van der Waals surface area (Å²) in [5.41, 5.74) is 2.85. The van der Waals surface area contributed by atoms with Crippen LogP contribution in [-0.4, -0.2) is 26.1 Å². The van der Waals surface area contributed by atoms with Crippen molar-refractivity contribution in [2.75, 3.05) is 0 Å². The summed E-state index contributed by atoms with van der Waals surface area (Å²) in [4.78, 5) is 11.2. The standard InChI is InChI=1S/C15H10N4O2/c1-9-4-2-6-12(11(9)8-16)19-13-7-3-5-10(15(20)21)14(13)17-18-19/h2-7H,1H3,(H,20,21). The van der Waals surface area contributed by atoms with Crippen molar-refractivity contribution in [3.05, 3.63) is 53.1 Å². The van der Waals surface area contributed by atoms with Gasteiger partial charge < -0.3 is 5.11 Å². The molecule has 0 radical (unpaired) electrons. The molecule has 1 aromatic heterocycles. The van der Waals surface area contributed by atoms with Gasteiger partial charge in [0.25, 0.3) is 0 Å². The zero-order valence-corrected chi connectivity index (χ0v) is 11.1. The Labute approximate surface area is 119 Å². The molecule has 6 heteroatoms. The lowest BCUT2D eigenvalue weighted by atomic mass is 10.1. The second-order valence-electron chi connectivity index (χ2n) is 4.56. The number of carboxylic acids is 1. The van der Waals surface area contributed by atoms with Gasteiger partial charge in [-0.3, -0.25) is 0 Å². The number of rotatable bonds is 2. The third-order valence-electron chi connectivity index (χ3n) is 3.30. The predicted molar refractivity (Wildman–Crippen MR) is 75.3 cm³/mol. The zero-order valence-electron chi connectivity index (χ0n) is 11.1. The predicted octanol–water partition coefficient (Wildman–Crippen LogP) is 2.30. The molecule has 21 heavy (non-hydrogen) atoms. The topological polar surface area (TPSA) is 91.8 Å². The maximum absolute atomic E-state index is 11.2. The molecule has 0 fully saturated rings. The van der Waals surface area contributed by atoms with Crippen molar-refractivity contribution in [1.29, 1.82) is 5.26 Å². The lowest BCUT2D eigenvalue weighted by molar-refractivity contribution is 0.0699. The monoisotopic (exact) mass is 278 g/mol. The van der Waals surface area contributed by atoms with Crippen molar-refractivity contribution < 1.29 is 9.90 Å². The van der Waals surface area contributed by atoms with Crippen molar-refractivity contribution in [3.8, 4) is 11.8 Å². The van der Waals surface area contributed by atoms with Gasteiger partial charge in [-0.15, -0.1) is 5.10 Å². The van der Waals surface area contributed by atoms with Crippen LogP contribution in [0.4, 0.5) is 0 Å². The first kappa shape index (κ1) is 12.8. The molecule has 0 aliphatic heterocycles. The van der Waals surface area contributed by atoms with Gasteiger partial charge in [-0.1, -0.05) is 23.4 Å². The van der Waals surface area contributed by atoms with Crippen LogP contribution in [0.1, 0.15) is 21.5 Å². The fraction of sp³-hybridized carbons (Fsp3) is 0.0667. The normalized spacial score (nSPS) is 10.5. The lowest BCUT2D eigenvalue weighted by Gasteiger charge is -2.06. The van der Waals surface area contributed by atoms with Gasteiger partial charge >= 0.3 is 5.97 Å². The van der Waals surface area contributed by atoms with Crippen molar-refractivity contribution in [2.45, 2.75) is 6.92 Å². The highest BCUT2D eigenvalue weighted by Crippen LogP contribution is 2.23. The van der Waals surface area contributed by atoms with E-state index in [9.17, 15) is 15.2 Å². The number of carbonyl (C=O) groups is 1. The number of aryl methyl sites for hydroxylation is 1. The van der Waals surface area contributed by atoms with E-state index in [4.69, 9.17) is 0 Å². The average Bonchev–Trinajstić information content (AvgIpc) is 2.90. The number of aromatic nitrogens is 3. The summed E-state index contributed by atoms with van der Waals surface area (Å²) in [5.74, 6) is -1.06. The van der Waals surface area contributed by atoms with Crippen LogP contribution in [0.3, 0.4) is 0 Å². The molecule has 102 valence electrons. The minimum absolute atomic E-state index is 0.0879. The van der Waals surface area contributed by atoms with Crippen LogP contribution in [0.15, 0.2) is 36.4 Å². The van der Waals surface area contributed by atoms with Crippen LogP contribution < -0.4 is 0 Å². The van der Waals surface area contributed by atoms with Gasteiger partial charge in [0.2, 0.25) is 0 Å². The minimum atomic E-state index is -1.06. The van der Waals surface area contributed by atoms with E-state index in [-0.39, 0.29) is 5.56 Å². The van der Waals surface area contributed by atoms with Crippen LogP contribution in [0, 0.1) is 18.3 Å². The fourth-order valence-corrected chi connectivity index (χ4v) is 2.27. The second-order valence-corrected chi connectivity index (χ2v) is 4.56. The molecule has 3 aromatic rings. The van der Waals surface area contributed by atoms with Gasteiger partial charge in [0.1, 0.15) is 11.6 Å². The van der Waals surface area contributed by atoms with E-state index in [2.05, 4.69) is 16.4 Å². The van der Waals surface area contributed by atoms with Gasteiger partial charge in [-0.05, 0) is 30.7 Å². The lowest BCUT2D eigenvalue weighted by Crippen LogP contribution is -2.01. The highest BCUT2D eigenvalue weighted by Gasteiger charge is 2.16. The van der Waals surface area contributed by atoms with Gasteiger partial charge in [-0.2, -0.15) is 5.26 Å². The summed E-state index contributed by atoms with van der Waals surface area (Å²) < 4.78 is 1.49. The van der Waals surface area contributed by atoms with Gasteiger partial charge in [-0.25, -0.2) is 9.48 Å². The van der Waals surface area contributed by atoms with Crippen LogP contribution in [-0.2, 0) is 0 Å². The minimum Gasteiger partial charge on any atom is -0.478 e. The summed E-state index contributed by atoms with van der Waals surface area (Å²) in [6, 6.07) is 12.4. The third kappa shape index (κ3) is 1.92. The molecule has 0 amide bonds. The Bertz CT molecular complexity index is 906. The number of nitriles is 1. The van der Waals surface area contributed by atoms with E-state index in [1.807, 2.05) is 19.1 Å². The Balaban J connectivity index is 2.34. The molecule has 0 bridgehead atoms. The van der Waals surface area contributed by atoms with Crippen molar-refractivity contribution >= 4 is 17.0 Å². The molecule has 3 rings (SSSR count). The number of aromatic carboxylic acids is 1. The molecular weight excluding hydrogens is 268 g/mol. The van der Waals surface area contributed by atoms with E-state index in [1.165, 1.54) is 10.7 Å². The highest BCUT2D eigenvalue weighted by molar-refractivity contribution is 6.01. The van der Waals surface area contributed by atoms with Crippen LogP contribution >= 0.6 is 0 Å². The van der Waals surface area contributed by atoms with Gasteiger partial charge in [0.15, 0.2) is 0 Å². The van der Waals surface area contributed by atoms with E-state index in [1.54, 1.807) is 18.2 Å². The molecule has 0 atom stereocenters. The first-order chi connectivity index (χ1) is 10.1. The van der Waals surface area contributed by atoms with E-state index < -0.39 is 5.97 Å². The molecule has 0 aliphatic carbocycles. The maximum atomic E-state index is 11.2. The molecule has 0 unspecified atom stereocenters. The molecule has 0 saturated carbocycles. The largest absolute Gasteiger partial charge is 0.478 e. The average molecular weight is 278 g/mol. The second kappa shape index (κ2) is 4.72. The van der Waals surface area contributed by atoms with Crippen molar-refractivity contribution in [1.82, 2.24) is 15.0 Å². The maximum Gasteiger partial charge on any atom is 0.338 e. The highest BCUT2D eigenvalue weighted by atomic mass is 16.4. The molecule has 2 aromatic carbocycles. The quantitative estimate of drug-likeness (QED) is 0.776. The molecule has 1 heterocycles. The molecular formula is C15H10N4O2. The zero-order chi connectivity index (χ0) is 15.0.